The maximum Gasteiger partial charge on any atom is 0.340 e. The summed E-state index contributed by atoms with van der Waals surface area (Å²) < 4.78 is 32.7. The predicted molar refractivity (Wildman–Crippen MR) is 102 cm³/mol. The third kappa shape index (κ3) is 3.87. The highest BCUT2D eigenvalue weighted by atomic mass is 35.5. The molecule has 3 aromatic rings. The highest BCUT2D eigenvalue weighted by Gasteiger charge is 2.16. The van der Waals surface area contributed by atoms with Gasteiger partial charge in [0.15, 0.2) is 0 Å². The molecule has 0 unspecified atom stereocenters. The van der Waals surface area contributed by atoms with Crippen molar-refractivity contribution in [2.45, 2.75) is 13.3 Å². The van der Waals surface area contributed by atoms with Crippen LogP contribution in [-0.2, 0) is 16.5 Å². The second-order valence-electron chi connectivity index (χ2n) is 5.82. The molecule has 0 fully saturated rings. The predicted octanol–water partition coefficient (Wildman–Crippen LogP) is 4.34. The van der Waals surface area contributed by atoms with E-state index >= 15 is 0 Å². The van der Waals surface area contributed by atoms with Crippen molar-refractivity contribution in [3.05, 3.63) is 73.6 Å². The molecular formula is C18H14Cl2O5S. The maximum atomic E-state index is 12.5. The third-order valence-corrected chi connectivity index (χ3v) is 5.13. The lowest BCUT2D eigenvalue weighted by atomic mass is 9.99. The number of rotatable bonds is 4. The Morgan fingerprint density at radius 3 is 2.35 bits per heavy atom. The van der Waals surface area contributed by atoms with Crippen LogP contribution < -0.4 is 9.81 Å². The van der Waals surface area contributed by atoms with E-state index in [1.165, 1.54) is 12.1 Å². The lowest BCUT2D eigenvalue weighted by Crippen LogP contribution is -2.11. The highest BCUT2D eigenvalue weighted by molar-refractivity contribution is 7.86. The molecule has 0 saturated carbocycles. The van der Waals surface area contributed by atoms with Crippen LogP contribution in [0.3, 0.4) is 0 Å². The van der Waals surface area contributed by atoms with Crippen molar-refractivity contribution in [3.8, 4) is 5.75 Å². The minimum Gasteiger partial charge on any atom is -0.422 e. The van der Waals surface area contributed by atoms with Gasteiger partial charge in [0.1, 0.15) is 11.3 Å². The van der Waals surface area contributed by atoms with E-state index in [1.54, 1.807) is 31.2 Å². The smallest absolute Gasteiger partial charge is 0.340 e. The number of hydrogen-bond acceptors (Lipinski definition) is 5. The Hall–Kier alpha value is -2.02. The molecule has 0 radical (unpaired) electrons. The van der Waals surface area contributed by atoms with Gasteiger partial charge in [-0.25, -0.2) is 4.79 Å². The summed E-state index contributed by atoms with van der Waals surface area (Å²) in [6.45, 7) is 1.79. The van der Waals surface area contributed by atoms with Crippen LogP contribution in [0.25, 0.3) is 11.0 Å². The Morgan fingerprint density at radius 1 is 1.08 bits per heavy atom. The van der Waals surface area contributed by atoms with Crippen LogP contribution in [-0.4, -0.2) is 14.7 Å². The van der Waals surface area contributed by atoms with Gasteiger partial charge in [0.2, 0.25) is 0 Å². The molecule has 5 nitrogen and oxygen atoms in total. The van der Waals surface area contributed by atoms with Gasteiger partial charge in [0.25, 0.3) is 0 Å². The zero-order valence-electron chi connectivity index (χ0n) is 13.9. The van der Waals surface area contributed by atoms with Crippen molar-refractivity contribution in [2.75, 3.05) is 6.26 Å². The van der Waals surface area contributed by atoms with Crippen molar-refractivity contribution in [1.82, 2.24) is 0 Å². The van der Waals surface area contributed by atoms with Gasteiger partial charge >= 0.3 is 15.7 Å². The first kappa shape index (κ1) is 18.8. The summed E-state index contributed by atoms with van der Waals surface area (Å²) in [4.78, 5) is 12.5. The average molecular weight is 413 g/mol. The van der Waals surface area contributed by atoms with Gasteiger partial charge in [-0.15, -0.1) is 0 Å². The summed E-state index contributed by atoms with van der Waals surface area (Å²) >= 11 is 12.4. The molecule has 0 saturated heterocycles. The molecule has 3 rings (SSSR count). The number of benzene rings is 2. The summed E-state index contributed by atoms with van der Waals surface area (Å²) in [6, 6.07) is 9.66. The number of aryl methyl sites for hydroxylation is 1. The first-order valence-electron chi connectivity index (χ1n) is 7.54. The van der Waals surface area contributed by atoms with Gasteiger partial charge in [-0.05, 0) is 42.3 Å². The van der Waals surface area contributed by atoms with Crippen LogP contribution in [0, 0.1) is 6.92 Å². The number of hydrogen-bond donors (Lipinski definition) is 0. The summed E-state index contributed by atoms with van der Waals surface area (Å²) in [7, 11) is -3.67. The van der Waals surface area contributed by atoms with Crippen LogP contribution in [0.5, 0.6) is 5.75 Å². The van der Waals surface area contributed by atoms with Crippen LogP contribution in [0.15, 0.2) is 45.6 Å². The molecule has 0 aliphatic carbocycles. The van der Waals surface area contributed by atoms with Gasteiger partial charge in [0.05, 0.1) is 6.26 Å². The summed E-state index contributed by atoms with van der Waals surface area (Å²) in [5.74, 6) is 0.0736. The van der Waals surface area contributed by atoms with E-state index in [-0.39, 0.29) is 17.8 Å². The standard InChI is InChI=1S/C18H14Cl2O5S/c1-10-12-7-6-11(25-26(2,22)23)8-17(12)24-18(21)13(10)9-14-15(19)4-3-5-16(14)20/h3-8H,9H2,1-2H3. The van der Waals surface area contributed by atoms with Crippen molar-refractivity contribution in [1.29, 1.82) is 0 Å². The Morgan fingerprint density at radius 2 is 1.73 bits per heavy atom. The average Bonchev–Trinajstić information content (AvgIpc) is 2.52. The minimum atomic E-state index is -3.67. The lowest BCUT2D eigenvalue weighted by Gasteiger charge is -2.11. The second kappa shape index (κ2) is 6.95. The van der Waals surface area contributed by atoms with Crippen molar-refractivity contribution < 1.29 is 17.0 Å². The fourth-order valence-corrected chi connectivity index (χ4v) is 3.67. The molecule has 26 heavy (non-hydrogen) atoms. The molecule has 1 heterocycles. The van der Waals surface area contributed by atoms with E-state index in [1.807, 2.05) is 0 Å². The van der Waals surface area contributed by atoms with Crippen molar-refractivity contribution >= 4 is 44.3 Å². The first-order valence-corrected chi connectivity index (χ1v) is 10.1. The molecule has 0 aliphatic heterocycles. The van der Waals surface area contributed by atoms with Gasteiger partial charge in [0, 0.05) is 33.5 Å². The molecule has 0 amide bonds. The molecule has 0 aliphatic rings. The molecule has 136 valence electrons. The minimum absolute atomic E-state index is 0.0736. The lowest BCUT2D eigenvalue weighted by molar-refractivity contribution is 0.491. The molecule has 0 spiro atoms. The Kier molecular flexibility index (Phi) is 5.01. The number of fused-ring (bicyclic) bond motifs is 1. The summed E-state index contributed by atoms with van der Waals surface area (Å²) in [6.07, 6.45) is 1.17. The summed E-state index contributed by atoms with van der Waals surface area (Å²) in [5.41, 5.74) is 1.48. The fourth-order valence-electron chi connectivity index (χ4n) is 2.68. The van der Waals surface area contributed by atoms with E-state index < -0.39 is 15.7 Å². The summed E-state index contributed by atoms with van der Waals surface area (Å²) in [5, 5.41) is 1.60. The van der Waals surface area contributed by atoms with Gasteiger partial charge < -0.3 is 8.60 Å². The largest absolute Gasteiger partial charge is 0.422 e. The normalized spacial score (nSPS) is 11.7. The molecule has 1 aromatic heterocycles. The molecular weight excluding hydrogens is 399 g/mol. The zero-order valence-corrected chi connectivity index (χ0v) is 16.2. The van der Waals surface area contributed by atoms with Gasteiger partial charge in [-0.3, -0.25) is 0 Å². The quantitative estimate of drug-likeness (QED) is 0.470. The Labute approximate surface area is 160 Å². The van der Waals surface area contributed by atoms with E-state index in [2.05, 4.69) is 0 Å². The molecule has 0 N–H and O–H groups in total. The Bertz CT molecular complexity index is 1150. The van der Waals surface area contributed by atoms with Crippen LogP contribution >= 0.6 is 23.2 Å². The molecule has 0 bridgehead atoms. The van der Waals surface area contributed by atoms with Crippen LogP contribution in [0.1, 0.15) is 16.7 Å². The second-order valence-corrected chi connectivity index (χ2v) is 8.20. The monoisotopic (exact) mass is 412 g/mol. The van der Waals surface area contributed by atoms with Gasteiger partial charge in [-0.2, -0.15) is 8.42 Å². The first-order chi connectivity index (χ1) is 12.2. The van der Waals surface area contributed by atoms with E-state index in [0.717, 1.165) is 6.26 Å². The SMILES string of the molecule is Cc1c(Cc2c(Cl)cccc2Cl)c(=O)oc2cc(OS(C)(=O)=O)ccc12. The van der Waals surface area contributed by atoms with E-state index in [4.69, 9.17) is 31.8 Å². The zero-order chi connectivity index (χ0) is 19.1. The molecule has 2 aromatic carbocycles. The number of halogens is 2. The van der Waals surface area contributed by atoms with E-state index in [9.17, 15) is 13.2 Å². The maximum absolute atomic E-state index is 12.5. The van der Waals surface area contributed by atoms with Crippen LogP contribution in [0.4, 0.5) is 0 Å². The Balaban J connectivity index is 2.11. The van der Waals surface area contributed by atoms with E-state index in [0.29, 0.717) is 32.1 Å². The van der Waals surface area contributed by atoms with Crippen molar-refractivity contribution in [2.24, 2.45) is 0 Å². The van der Waals surface area contributed by atoms with Crippen LogP contribution in [0.2, 0.25) is 10.0 Å². The third-order valence-electron chi connectivity index (χ3n) is 3.92. The molecule has 8 heteroatoms. The molecule has 0 atom stereocenters. The highest BCUT2D eigenvalue weighted by Crippen LogP contribution is 2.30. The van der Waals surface area contributed by atoms with Gasteiger partial charge in [-0.1, -0.05) is 29.3 Å². The van der Waals surface area contributed by atoms with Crippen molar-refractivity contribution in [3.63, 3.8) is 0 Å². The topological polar surface area (TPSA) is 73.6 Å². The fraction of sp³-hybridized carbons (Fsp3) is 0.167.